The van der Waals surface area contributed by atoms with Gasteiger partial charge in [-0.15, -0.1) is 0 Å². The first kappa shape index (κ1) is 21.1. The fraction of sp³-hybridized carbons (Fsp3) is 0.682. The normalized spacial score (nSPS) is 38.7. The number of likely N-dealkylation sites (tertiary alicyclic amines) is 1. The third-order valence-corrected chi connectivity index (χ3v) is 6.85. The Balaban J connectivity index is 1.85. The Morgan fingerprint density at radius 2 is 1.97 bits per heavy atom. The van der Waals surface area contributed by atoms with Crippen LogP contribution in [0.1, 0.15) is 33.6 Å². The maximum atomic E-state index is 13.7. The second kappa shape index (κ2) is 7.50. The van der Waals surface area contributed by atoms with Crippen molar-refractivity contribution < 1.29 is 29.0 Å². The maximum Gasteiger partial charge on any atom is 0.313 e. The standard InChI is InChI=1S/C22H30N2O6/c1-4-5-10-23-11-6-9-22-15(16-20(28)29-12-7-8-21(16,3)30-22)18(26)24(14(2)13-25)17(22)19(23)27/h6-9,14-17,25H,4-5,10-13H2,1-3H3/t14-,15+,16+,17?,21-,22+/m1/s1. The molecule has 0 aromatic heterocycles. The molecule has 0 bridgehead atoms. The van der Waals surface area contributed by atoms with Crippen molar-refractivity contribution in [3.05, 3.63) is 24.3 Å². The Kier molecular flexibility index (Phi) is 5.26. The lowest BCUT2D eigenvalue weighted by molar-refractivity contribution is -0.159. The Bertz CT molecular complexity index is 809. The number of unbranched alkanes of at least 4 members (excludes halogenated alkanes) is 1. The number of ether oxygens (including phenoxy) is 2. The van der Waals surface area contributed by atoms with E-state index < -0.39 is 41.1 Å². The molecule has 4 rings (SSSR count). The quantitative estimate of drug-likeness (QED) is 0.520. The predicted molar refractivity (Wildman–Crippen MR) is 107 cm³/mol. The third kappa shape index (κ3) is 2.84. The highest BCUT2D eigenvalue weighted by Gasteiger charge is 2.75. The molecule has 6 atom stereocenters. The fourth-order valence-corrected chi connectivity index (χ4v) is 5.45. The largest absolute Gasteiger partial charge is 0.461 e. The number of hydrogen-bond donors (Lipinski definition) is 1. The summed E-state index contributed by atoms with van der Waals surface area (Å²) < 4.78 is 11.9. The number of carbonyl (C=O) groups is 3. The summed E-state index contributed by atoms with van der Waals surface area (Å²) >= 11 is 0. The smallest absolute Gasteiger partial charge is 0.313 e. The number of aliphatic hydroxyl groups is 1. The second-order valence-electron chi connectivity index (χ2n) is 8.85. The van der Waals surface area contributed by atoms with Crippen molar-refractivity contribution in [2.24, 2.45) is 11.8 Å². The molecular weight excluding hydrogens is 388 g/mol. The Labute approximate surface area is 176 Å². The van der Waals surface area contributed by atoms with Gasteiger partial charge in [0.1, 0.15) is 24.2 Å². The van der Waals surface area contributed by atoms with Gasteiger partial charge in [-0.1, -0.05) is 31.6 Å². The van der Waals surface area contributed by atoms with Crippen LogP contribution in [0.5, 0.6) is 0 Å². The van der Waals surface area contributed by atoms with E-state index in [-0.39, 0.29) is 25.0 Å². The summed E-state index contributed by atoms with van der Waals surface area (Å²) in [6.45, 7) is 6.37. The van der Waals surface area contributed by atoms with Crippen LogP contribution in [-0.2, 0) is 23.9 Å². The van der Waals surface area contributed by atoms with Crippen LogP contribution in [-0.4, -0.2) is 82.3 Å². The summed E-state index contributed by atoms with van der Waals surface area (Å²) in [4.78, 5) is 43.5. The van der Waals surface area contributed by atoms with E-state index in [9.17, 15) is 19.5 Å². The van der Waals surface area contributed by atoms with Gasteiger partial charge in [0.25, 0.3) is 0 Å². The van der Waals surface area contributed by atoms with Crippen molar-refractivity contribution in [1.82, 2.24) is 9.80 Å². The van der Waals surface area contributed by atoms with Crippen molar-refractivity contribution in [2.45, 2.75) is 56.9 Å². The molecule has 1 unspecified atom stereocenters. The van der Waals surface area contributed by atoms with E-state index in [4.69, 9.17) is 9.47 Å². The highest BCUT2D eigenvalue weighted by Crippen LogP contribution is 2.57. The van der Waals surface area contributed by atoms with Crippen LogP contribution >= 0.6 is 0 Å². The molecule has 2 fully saturated rings. The average molecular weight is 418 g/mol. The minimum Gasteiger partial charge on any atom is -0.461 e. The minimum atomic E-state index is -1.28. The van der Waals surface area contributed by atoms with Crippen molar-refractivity contribution in [3.8, 4) is 0 Å². The van der Waals surface area contributed by atoms with E-state index in [1.165, 1.54) is 4.90 Å². The van der Waals surface area contributed by atoms with Gasteiger partial charge in [0, 0.05) is 13.1 Å². The van der Waals surface area contributed by atoms with E-state index >= 15 is 0 Å². The van der Waals surface area contributed by atoms with Crippen LogP contribution in [0.15, 0.2) is 24.3 Å². The average Bonchev–Trinajstić information content (AvgIpc) is 2.99. The van der Waals surface area contributed by atoms with E-state index in [2.05, 4.69) is 6.92 Å². The van der Waals surface area contributed by atoms with Crippen molar-refractivity contribution in [3.63, 3.8) is 0 Å². The number of cyclic esters (lactones) is 1. The van der Waals surface area contributed by atoms with Gasteiger partial charge in [-0.25, -0.2) is 0 Å². The van der Waals surface area contributed by atoms with E-state index in [1.807, 2.05) is 6.08 Å². The molecule has 8 heteroatoms. The van der Waals surface area contributed by atoms with E-state index in [0.717, 1.165) is 12.8 Å². The summed E-state index contributed by atoms with van der Waals surface area (Å²) in [6.07, 6.45) is 8.95. The van der Waals surface area contributed by atoms with E-state index in [1.54, 1.807) is 37.0 Å². The Morgan fingerprint density at radius 3 is 2.67 bits per heavy atom. The molecule has 2 saturated heterocycles. The number of nitrogens with zero attached hydrogens (tertiary/aromatic N) is 2. The first-order valence-electron chi connectivity index (χ1n) is 10.7. The zero-order valence-electron chi connectivity index (χ0n) is 17.7. The lowest BCUT2D eigenvalue weighted by Gasteiger charge is -2.39. The fourth-order valence-electron chi connectivity index (χ4n) is 5.45. The van der Waals surface area contributed by atoms with Gasteiger partial charge in [-0.2, -0.15) is 0 Å². The van der Waals surface area contributed by atoms with Gasteiger partial charge in [-0.3, -0.25) is 14.4 Å². The molecule has 0 saturated carbocycles. The molecule has 4 heterocycles. The number of esters is 1. The number of carbonyl (C=O) groups excluding carboxylic acids is 3. The molecule has 2 amide bonds. The van der Waals surface area contributed by atoms with Crippen molar-refractivity contribution in [1.29, 1.82) is 0 Å². The van der Waals surface area contributed by atoms with Gasteiger partial charge in [-0.05, 0) is 26.3 Å². The van der Waals surface area contributed by atoms with Crippen LogP contribution in [0, 0.1) is 11.8 Å². The predicted octanol–water partition coefficient (Wildman–Crippen LogP) is 0.650. The maximum absolute atomic E-state index is 13.7. The molecule has 8 nitrogen and oxygen atoms in total. The lowest BCUT2D eigenvalue weighted by atomic mass is 9.75. The van der Waals surface area contributed by atoms with Gasteiger partial charge in [0.15, 0.2) is 0 Å². The van der Waals surface area contributed by atoms with Crippen LogP contribution < -0.4 is 0 Å². The van der Waals surface area contributed by atoms with Gasteiger partial charge >= 0.3 is 5.97 Å². The zero-order valence-corrected chi connectivity index (χ0v) is 17.7. The summed E-state index contributed by atoms with van der Waals surface area (Å²) in [5, 5.41) is 9.83. The lowest BCUT2D eigenvalue weighted by Crippen LogP contribution is -2.58. The molecule has 164 valence electrons. The van der Waals surface area contributed by atoms with Crippen molar-refractivity contribution in [2.75, 3.05) is 26.3 Å². The molecular formula is C22H30N2O6. The number of fused-ring (bicyclic) bond motifs is 2. The highest BCUT2D eigenvalue weighted by atomic mass is 16.6. The van der Waals surface area contributed by atoms with Crippen LogP contribution in [0.25, 0.3) is 0 Å². The molecule has 1 spiro atoms. The Hall–Kier alpha value is -2.19. The summed E-state index contributed by atoms with van der Waals surface area (Å²) in [6, 6.07) is -1.52. The molecule has 0 aliphatic carbocycles. The zero-order chi connectivity index (χ0) is 21.7. The van der Waals surface area contributed by atoms with Gasteiger partial charge in [0.05, 0.1) is 24.2 Å². The van der Waals surface area contributed by atoms with Gasteiger partial charge in [0.2, 0.25) is 11.8 Å². The number of amides is 2. The van der Waals surface area contributed by atoms with Crippen LogP contribution in [0.2, 0.25) is 0 Å². The summed E-state index contributed by atoms with van der Waals surface area (Å²) in [5.41, 5.74) is -2.33. The van der Waals surface area contributed by atoms with Crippen LogP contribution in [0.3, 0.4) is 0 Å². The molecule has 0 radical (unpaired) electrons. The molecule has 30 heavy (non-hydrogen) atoms. The third-order valence-electron chi connectivity index (χ3n) is 6.85. The number of rotatable bonds is 5. The molecule has 4 aliphatic rings. The monoisotopic (exact) mass is 418 g/mol. The van der Waals surface area contributed by atoms with Crippen molar-refractivity contribution >= 4 is 17.8 Å². The number of hydrogen-bond acceptors (Lipinski definition) is 6. The minimum absolute atomic E-state index is 0.127. The molecule has 1 N–H and O–H groups in total. The topological polar surface area (TPSA) is 96.4 Å². The molecule has 0 aromatic carbocycles. The Morgan fingerprint density at radius 1 is 1.20 bits per heavy atom. The second-order valence-corrected chi connectivity index (χ2v) is 8.85. The molecule has 0 aromatic rings. The molecule has 4 aliphatic heterocycles. The first-order valence-corrected chi connectivity index (χ1v) is 10.7. The van der Waals surface area contributed by atoms with Gasteiger partial charge < -0.3 is 24.4 Å². The SMILES string of the molecule is CCCCN1CC=C[C@]23O[C@]4(C)C=CCOC(=O)[C@@H]4[C@H]2C(=O)N([C@H](C)CO)C3C1=O. The summed E-state index contributed by atoms with van der Waals surface area (Å²) in [7, 11) is 0. The first-order chi connectivity index (χ1) is 14.3. The summed E-state index contributed by atoms with van der Waals surface area (Å²) in [5.74, 6) is -2.80. The highest BCUT2D eigenvalue weighted by molar-refractivity contribution is 5.99. The number of aliphatic hydroxyl groups excluding tert-OH is 1. The van der Waals surface area contributed by atoms with E-state index in [0.29, 0.717) is 13.1 Å². The van der Waals surface area contributed by atoms with Crippen LogP contribution in [0.4, 0.5) is 0 Å².